The Kier molecular flexibility index (Phi) is 4.17. The van der Waals surface area contributed by atoms with Crippen LogP contribution >= 0.6 is 23.2 Å². The molecule has 2 rings (SSSR count). The fraction of sp³-hybridized carbons (Fsp3) is 0.167. The van der Waals surface area contributed by atoms with E-state index in [1.165, 1.54) is 12.3 Å². The van der Waals surface area contributed by atoms with Crippen molar-refractivity contribution in [3.05, 3.63) is 34.4 Å². The molecule has 0 fully saturated rings. The molecule has 8 heteroatoms. The van der Waals surface area contributed by atoms with Gasteiger partial charge in [-0.3, -0.25) is 0 Å². The zero-order chi connectivity index (χ0) is 14.9. The Bertz CT molecular complexity index is 763. The Morgan fingerprint density at radius 2 is 2.00 bits per heavy atom. The first kappa shape index (κ1) is 15.0. The lowest BCUT2D eigenvalue weighted by Crippen LogP contribution is -2.09. The molecular formula is C12H11Cl2N3O2S. The molecule has 0 aliphatic heterocycles. The van der Waals surface area contributed by atoms with Crippen molar-refractivity contribution in [2.24, 2.45) is 0 Å². The van der Waals surface area contributed by atoms with Crippen LogP contribution in [-0.2, 0) is 9.84 Å². The molecule has 1 aromatic heterocycles. The second-order valence-corrected chi connectivity index (χ2v) is 7.06. The summed E-state index contributed by atoms with van der Waals surface area (Å²) in [5, 5.41) is 0.740. The van der Waals surface area contributed by atoms with Gasteiger partial charge in [-0.2, -0.15) is 0 Å². The van der Waals surface area contributed by atoms with Gasteiger partial charge in [-0.25, -0.2) is 18.4 Å². The normalized spacial score (nSPS) is 11.6. The first-order valence-corrected chi connectivity index (χ1v) is 8.06. The van der Waals surface area contributed by atoms with Crippen molar-refractivity contribution in [2.45, 2.75) is 11.8 Å². The summed E-state index contributed by atoms with van der Waals surface area (Å²) in [7, 11) is -3.49. The van der Waals surface area contributed by atoms with Crippen molar-refractivity contribution in [3.8, 4) is 11.3 Å². The van der Waals surface area contributed by atoms with Crippen LogP contribution in [0, 0.1) is 0 Å². The van der Waals surface area contributed by atoms with Gasteiger partial charge in [0.15, 0.2) is 9.84 Å². The van der Waals surface area contributed by atoms with Crippen molar-refractivity contribution >= 4 is 39.0 Å². The van der Waals surface area contributed by atoms with E-state index < -0.39 is 9.84 Å². The number of nitrogens with two attached hydrogens (primary N) is 1. The predicted molar refractivity (Wildman–Crippen MR) is 79.6 cm³/mol. The molecule has 0 amide bonds. The van der Waals surface area contributed by atoms with Crippen molar-refractivity contribution in [1.29, 1.82) is 0 Å². The largest absolute Gasteiger partial charge is 0.368 e. The van der Waals surface area contributed by atoms with E-state index in [1.54, 1.807) is 19.1 Å². The molecule has 0 radical (unpaired) electrons. The van der Waals surface area contributed by atoms with Crippen molar-refractivity contribution in [2.75, 3.05) is 11.5 Å². The summed E-state index contributed by atoms with van der Waals surface area (Å²) in [6, 6.07) is 4.71. The van der Waals surface area contributed by atoms with Crippen LogP contribution in [0.5, 0.6) is 0 Å². The monoisotopic (exact) mass is 331 g/mol. The highest BCUT2D eigenvalue weighted by atomic mass is 35.5. The SMILES string of the molecule is CCS(=O)(=O)c1cnc(N)nc1-c1ccc(Cl)cc1Cl. The second kappa shape index (κ2) is 5.55. The van der Waals surface area contributed by atoms with E-state index in [0.717, 1.165) is 0 Å². The van der Waals surface area contributed by atoms with Crippen LogP contribution in [0.2, 0.25) is 10.0 Å². The lowest BCUT2D eigenvalue weighted by atomic mass is 10.1. The lowest BCUT2D eigenvalue weighted by Gasteiger charge is -2.10. The van der Waals surface area contributed by atoms with Gasteiger partial charge in [-0.15, -0.1) is 0 Å². The van der Waals surface area contributed by atoms with E-state index in [1.807, 2.05) is 0 Å². The maximum atomic E-state index is 12.1. The maximum Gasteiger partial charge on any atom is 0.220 e. The predicted octanol–water partition coefficient (Wildman–Crippen LogP) is 2.83. The molecule has 0 aliphatic rings. The zero-order valence-corrected chi connectivity index (χ0v) is 12.8. The highest BCUT2D eigenvalue weighted by Gasteiger charge is 2.21. The van der Waals surface area contributed by atoms with Gasteiger partial charge in [0.05, 0.1) is 22.7 Å². The molecule has 20 heavy (non-hydrogen) atoms. The number of aromatic nitrogens is 2. The second-order valence-electron chi connectivity index (χ2n) is 3.97. The van der Waals surface area contributed by atoms with Crippen LogP contribution in [0.15, 0.2) is 29.3 Å². The Balaban J connectivity index is 2.76. The summed E-state index contributed by atoms with van der Waals surface area (Å²) in [6.45, 7) is 1.54. The molecule has 106 valence electrons. The number of nitrogen functional groups attached to an aromatic ring is 1. The lowest BCUT2D eigenvalue weighted by molar-refractivity contribution is 0.597. The molecule has 5 nitrogen and oxygen atoms in total. The summed E-state index contributed by atoms with van der Waals surface area (Å²) >= 11 is 11.9. The van der Waals surface area contributed by atoms with Gasteiger partial charge in [-0.05, 0) is 18.2 Å². The molecule has 2 aromatic rings. The third kappa shape index (κ3) is 2.87. The smallest absolute Gasteiger partial charge is 0.220 e. The van der Waals surface area contributed by atoms with Gasteiger partial charge in [-0.1, -0.05) is 30.1 Å². The standard InChI is InChI=1S/C12H11Cl2N3O2S/c1-2-20(18,19)10-6-16-12(15)17-11(10)8-4-3-7(13)5-9(8)14/h3-6H,2H2,1H3,(H2,15,16,17). The van der Waals surface area contributed by atoms with Crippen molar-refractivity contribution in [1.82, 2.24) is 9.97 Å². The minimum atomic E-state index is -3.49. The number of sulfone groups is 1. The molecule has 0 spiro atoms. The third-order valence-corrected chi connectivity index (χ3v) is 4.95. The molecular weight excluding hydrogens is 321 g/mol. The van der Waals surface area contributed by atoms with Gasteiger partial charge in [0, 0.05) is 10.6 Å². The minimum absolute atomic E-state index is 0.00146. The van der Waals surface area contributed by atoms with E-state index in [9.17, 15) is 8.42 Å². The maximum absolute atomic E-state index is 12.1. The van der Waals surface area contributed by atoms with Crippen LogP contribution in [0.3, 0.4) is 0 Å². The Labute approximate surface area is 126 Å². The fourth-order valence-corrected chi connectivity index (χ4v) is 3.11. The molecule has 0 atom stereocenters. The van der Waals surface area contributed by atoms with Crippen molar-refractivity contribution < 1.29 is 8.42 Å². The van der Waals surface area contributed by atoms with Gasteiger partial charge in [0.25, 0.3) is 0 Å². The number of nitrogens with zero attached hydrogens (tertiary/aromatic N) is 2. The Morgan fingerprint density at radius 1 is 1.30 bits per heavy atom. The van der Waals surface area contributed by atoms with Crippen LogP contribution in [-0.4, -0.2) is 24.1 Å². The topological polar surface area (TPSA) is 85.9 Å². The quantitative estimate of drug-likeness (QED) is 0.934. The van der Waals surface area contributed by atoms with Crippen LogP contribution in [0.25, 0.3) is 11.3 Å². The average Bonchev–Trinajstić information content (AvgIpc) is 2.38. The third-order valence-electron chi connectivity index (χ3n) is 2.68. The molecule has 1 heterocycles. The minimum Gasteiger partial charge on any atom is -0.368 e. The summed E-state index contributed by atoms with van der Waals surface area (Å²) in [4.78, 5) is 7.75. The molecule has 2 N–H and O–H groups in total. The first-order chi connectivity index (χ1) is 9.35. The van der Waals surface area contributed by atoms with Gasteiger partial charge >= 0.3 is 0 Å². The number of hydrogen-bond acceptors (Lipinski definition) is 5. The number of hydrogen-bond donors (Lipinski definition) is 1. The van der Waals surface area contributed by atoms with Gasteiger partial charge in [0.1, 0.15) is 4.90 Å². The first-order valence-electron chi connectivity index (χ1n) is 5.66. The molecule has 1 aromatic carbocycles. The van der Waals surface area contributed by atoms with Crippen molar-refractivity contribution in [3.63, 3.8) is 0 Å². The molecule has 0 saturated carbocycles. The van der Waals surface area contributed by atoms with E-state index in [-0.39, 0.29) is 22.3 Å². The summed E-state index contributed by atoms with van der Waals surface area (Å²) in [5.74, 6) is -0.0977. The molecule has 0 aliphatic carbocycles. The Morgan fingerprint density at radius 3 is 2.60 bits per heavy atom. The zero-order valence-electron chi connectivity index (χ0n) is 10.5. The van der Waals surface area contributed by atoms with Crippen LogP contribution < -0.4 is 5.73 Å². The van der Waals surface area contributed by atoms with Gasteiger partial charge in [0.2, 0.25) is 5.95 Å². The van der Waals surface area contributed by atoms with Crippen LogP contribution in [0.1, 0.15) is 6.92 Å². The van der Waals surface area contributed by atoms with Gasteiger partial charge < -0.3 is 5.73 Å². The fourth-order valence-electron chi connectivity index (χ4n) is 1.64. The van der Waals surface area contributed by atoms with Crippen LogP contribution in [0.4, 0.5) is 5.95 Å². The number of anilines is 1. The number of benzene rings is 1. The number of halogens is 2. The summed E-state index contributed by atoms with van der Waals surface area (Å²) in [6.07, 6.45) is 1.20. The van der Waals surface area contributed by atoms with E-state index >= 15 is 0 Å². The molecule has 0 saturated heterocycles. The molecule has 0 unspecified atom stereocenters. The number of rotatable bonds is 3. The average molecular weight is 332 g/mol. The van der Waals surface area contributed by atoms with E-state index in [2.05, 4.69) is 9.97 Å². The molecule has 0 bridgehead atoms. The summed E-state index contributed by atoms with van der Waals surface area (Å²) in [5.41, 5.74) is 6.17. The highest BCUT2D eigenvalue weighted by molar-refractivity contribution is 7.91. The van der Waals surface area contributed by atoms with E-state index in [4.69, 9.17) is 28.9 Å². The van der Waals surface area contributed by atoms with E-state index in [0.29, 0.717) is 15.6 Å². The highest BCUT2D eigenvalue weighted by Crippen LogP contribution is 2.33. The summed E-state index contributed by atoms with van der Waals surface area (Å²) < 4.78 is 24.2. The Hall–Kier alpha value is -1.37.